The van der Waals surface area contributed by atoms with E-state index in [2.05, 4.69) is 58.5 Å². The van der Waals surface area contributed by atoms with Crippen molar-refractivity contribution in [2.24, 2.45) is 0 Å². The van der Waals surface area contributed by atoms with Gasteiger partial charge in [-0.25, -0.2) is 4.79 Å². The van der Waals surface area contributed by atoms with Crippen LogP contribution in [0.3, 0.4) is 0 Å². The van der Waals surface area contributed by atoms with Gasteiger partial charge in [-0.2, -0.15) is 0 Å². The molecule has 2 aromatic carbocycles. The maximum Gasteiger partial charge on any atom is 0.314 e. The van der Waals surface area contributed by atoms with Gasteiger partial charge in [-0.1, -0.05) is 36.4 Å². The zero-order chi connectivity index (χ0) is 18.9. The van der Waals surface area contributed by atoms with Crippen LogP contribution in [0.2, 0.25) is 0 Å². The van der Waals surface area contributed by atoms with Crippen LogP contribution in [0, 0.1) is 0 Å². The average Bonchev–Trinajstić information content (AvgIpc) is 2.70. The Labute approximate surface area is 157 Å². The summed E-state index contributed by atoms with van der Waals surface area (Å²) in [6, 6.07) is 20.6. The van der Waals surface area contributed by atoms with E-state index in [1.165, 1.54) is 0 Å². The molecule has 2 amide bonds. The topological polar surface area (TPSA) is 47.6 Å². The first-order valence-electron chi connectivity index (χ1n) is 9.06. The lowest BCUT2D eigenvalue weighted by atomic mass is 10.2. The fraction of sp³-hybridized carbons (Fsp3) is 0.381. The van der Waals surface area contributed by atoms with Crippen molar-refractivity contribution >= 4 is 17.4 Å². The van der Waals surface area contributed by atoms with E-state index in [0.717, 1.165) is 11.4 Å². The van der Waals surface area contributed by atoms with Crippen LogP contribution in [0.1, 0.15) is 13.8 Å². The molecule has 0 saturated carbocycles. The maximum atomic E-state index is 12.1. The lowest BCUT2D eigenvalue weighted by Gasteiger charge is -2.28. The highest BCUT2D eigenvalue weighted by Gasteiger charge is 2.13. The minimum absolute atomic E-state index is 0.133. The fourth-order valence-corrected chi connectivity index (χ4v) is 2.65. The number of hydrogen-bond acceptors (Lipinski definition) is 3. The standard InChI is InChI=1S/C21H30N4O/c1-17(24(3)19-11-7-5-8-12-19)15-22-21(26)23-16-18(2)25(4)20-13-9-6-10-14-20/h5-14,17-18H,15-16H2,1-4H3,(H2,22,23,26)/t17-,18+. The van der Waals surface area contributed by atoms with Crippen molar-refractivity contribution in [3.8, 4) is 0 Å². The van der Waals surface area contributed by atoms with E-state index in [9.17, 15) is 4.79 Å². The minimum atomic E-state index is -0.133. The van der Waals surface area contributed by atoms with Crippen molar-refractivity contribution in [2.75, 3.05) is 37.0 Å². The third-order valence-corrected chi connectivity index (χ3v) is 4.77. The van der Waals surface area contributed by atoms with Crippen LogP contribution in [0.5, 0.6) is 0 Å². The van der Waals surface area contributed by atoms with E-state index in [0.29, 0.717) is 13.1 Å². The molecule has 0 spiro atoms. The molecule has 0 aliphatic rings. The molecule has 2 aromatic rings. The van der Waals surface area contributed by atoms with Crippen LogP contribution in [0.25, 0.3) is 0 Å². The van der Waals surface area contributed by atoms with Crippen LogP contribution < -0.4 is 20.4 Å². The van der Waals surface area contributed by atoms with Crippen LogP contribution in [0.4, 0.5) is 16.2 Å². The van der Waals surface area contributed by atoms with E-state index < -0.39 is 0 Å². The SMILES string of the molecule is C[C@H](CNC(=O)NC[C@H](C)N(C)c1ccccc1)N(C)c1ccccc1. The molecule has 2 N–H and O–H groups in total. The first kappa shape index (κ1) is 19.6. The van der Waals surface area contributed by atoms with Gasteiger partial charge >= 0.3 is 6.03 Å². The van der Waals surface area contributed by atoms with Gasteiger partial charge in [-0.3, -0.25) is 0 Å². The number of carbonyl (C=O) groups is 1. The average molecular weight is 354 g/mol. The summed E-state index contributed by atoms with van der Waals surface area (Å²) in [7, 11) is 4.08. The van der Waals surface area contributed by atoms with Crippen LogP contribution in [-0.4, -0.2) is 45.3 Å². The third-order valence-electron chi connectivity index (χ3n) is 4.77. The number of rotatable bonds is 8. The fourth-order valence-electron chi connectivity index (χ4n) is 2.65. The van der Waals surface area contributed by atoms with Crippen molar-refractivity contribution in [3.63, 3.8) is 0 Å². The monoisotopic (exact) mass is 354 g/mol. The second-order valence-corrected chi connectivity index (χ2v) is 6.68. The van der Waals surface area contributed by atoms with Crippen molar-refractivity contribution in [1.82, 2.24) is 10.6 Å². The minimum Gasteiger partial charge on any atom is -0.370 e. The molecule has 0 bridgehead atoms. The normalized spacial score (nSPS) is 12.8. The summed E-state index contributed by atoms with van der Waals surface area (Å²) in [5.74, 6) is 0. The second kappa shape index (κ2) is 9.70. The Morgan fingerprint density at radius 3 is 1.46 bits per heavy atom. The third kappa shape index (κ3) is 5.69. The smallest absolute Gasteiger partial charge is 0.314 e. The summed E-state index contributed by atoms with van der Waals surface area (Å²) in [6.45, 7) is 5.36. The van der Waals surface area contributed by atoms with Gasteiger partial charge in [0, 0.05) is 50.6 Å². The van der Waals surface area contributed by atoms with Gasteiger partial charge in [0.15, 0.2) is 0 Å². The highest BCUT2D eigenvalue weighted by Crippen LogP contribution is 2.14. The molecule has 2 rings (SSSR count). The summed E-state index contributed by atoms with van der Waals surface area (Å²) >= 11 is 0. The van der Waals surface area contributed by atoms with Gasteiger partial charge < -0.3 is 20.4 Å². The Kier molecular flexibility index (Phi) is 7.33. The van der Waals surface area contributed by atoms with E-state index in [-0.39, 0.29) is 18.1 Å². The van der Waals surface area contributed by atoms with Gasteiger partial charge in [0.05, 0.1) is 0 Å². The molecule has 0 radical (unpaired) electrons. The molecule has 0 aromatic heterocycles. The Hall–Kier alpha value is -2.69. The number of nitrogens with one attached hydrogen (secondary N) is 2. The predicted octanol–water partition coefficient (Wildman–Crippen LogP) is 3.34. The van der Waals surface area contributed by atoms with Crippen molar-refractivity contribution in [1.29, 1.82) is 0 Å². The summed E-state index contributed by atoms with van der Waals surface area (Å²) in [6.07, 6.45) is 0. The number of hydrogen-bond donors (Lipinski definition) is 2. The zero-order valence-corrected chi connectivity index (χ0v) is 16.1. The highest BCUT2D eigenvalue weighted by atomic mass is 16.2. The summed E-state index contributed by atoms with van der Waals surface area (Å²) in [5.41, 5.74) is 2.28. The zero-order valence-electron chi connectivity index (χ0n) is 16.1. The number of anilines is 2. The van der Waals surface area contributed by atoms with E-state index in [4.69, 9.17) is 0 Å². The van der Waals surface area contributed by atoms with E-state index in [1.807, 2.05) is 50.5 Å². The van der Waals surface area contributed by atoms with Gasteiger partial charge in [0.2, 0.25) is 0 Å². The number of nitrogens with zero attached hydrogens (tertiary/aromatic N) is 2. The number of benzene rings is 2. The van der Waals surface area contributed by atoms with E-state index >= 15 is 0 Å². The first-order chi connectivity index (χ1) is 12.5. The van der Waals surface area contributed by atoms with Crippen molar-refractivity contribution in [3.05, 3.63) is 60.7 Å². The first-order valence-corrected chi connectivity index (χ1v) is 9.06. The number of para-hydroxylation sites is 2. The van der Waals surface area contributed by atoms with Crippen molar-refractivity contribution in [2.45, 2.75) is 25.9 Å². The lowest BCUT2D eigenvalue weighted by Crippen LogP contribution is -2.47. The molecular formula is C21H30N4O. The number of likely N-dealkylation sites (N-methyl/N-ethyl adjacent to an activating group) is 2. The summed E-state index contributed by atoms with van der Waals surface area (Å²) in [4.78, 5) is 16.4. The number of carbonyl (C=O) groups excluding carboxylic acids is 1. The Morgan fingerprint density at radius 1 is 0.769 bits per heavy atom. The molecule has 0 aliphatic heterocycles. The van der Waals surface area contributed by atoms with Gasteiger partial charge in [0.1, 0.15) is 0 Å². The van der Waals surface area contributed by atoms with Crippen LogP contribution in [-0.2, 0) is 0 Å². The van der Waals surface area contributed by atoms with Gasteiger partial charge in [0.25, 0.3) is 0 Å². The van der Waals surface area contributed by atoms with Gasteiger partial charge in [-0.15, -0.1) is 0 Å². The molecule has 0 heterocycles. The van der Waals surface area contributed by atoms with Gasteiger partial charge in [-0.05, 0) is 38.1 Å². The molecule has 2 atom stereocenters. The number of amides is 2. The van der Waals surface area contributed by atoms with E-state index in [1.54, 1.807) is 0 Å². The Balaban J connectivity index is 1.73. The molecule has 5 nitrogen and oxygen atoms in total. The second-order valence-electron chi connectivity index (χ2n) is 6.68. The molecule has 0 saturated heterocycles. The quantitative estimate of drug-likeness (QED) is 0.764. The largest absolute Gasteiger partial charge is 0.370 e. The molecule has 26 heavy (non-hydrogen) atoms. The molecule has 0 aliphatic carbocycles. The highest BCUT2D eigenvalue weighted by molar-refractivity contribution is 5.74. The Morgan fingerprint density at radius 2 is 1.12 bits per heavy atom. The molecule has 0 fully saturated rings. The lowest BCUT2D eigenvalue weighted by molar-refractivity contribution is 0.239. The predicted molar refractivity (Wildman–Crippen MR) is 110 cm³/mol. The molecular weight excluding hydrogens is 324 g/mol. The van der Waals surface area contributed by atoms with Crippen molar-refractivity contribution < 1.29 is 4.79 Å². The van der Waals surface area contributed by atoms with Crippen LogP contribution in [0.15, 0.2) is 60.7 Å². The Bertz CT molecular complexity index is 605. The molecule has 0 unspecified atom stereocenters. The summed E-state index contributed by atoms with van der Waals surface area (Å²) in [5, 5.41) is 5.91. The summed E-state index contributed by atoms with van der Waals surface area (Å²) < 4.78 is 0. The molecule has 5 heteroatoms. The number of urea groups is 1. The maximum absolute atomic E-state index is 12.1. The van der Waals surface area contributed by atoms with Crippen LogP contribution >= 0.6 is 0 Å². The molecule has 140 valence electrons.